The standard InChI is InChI=1S/C13H16N2O4S2/c1-8-4-5-13(20-8)21(16,17)15-10-7-12(19-3)11(18-2)6-9(10)14/h4-7,15H,14H2,1-3H3. The van der Waals surface area contributed by atoms with Crippen LogP contribution in [0.1, 0.15) is 4.88 Å². The lowest BCUT2D eigenvalue weighted by Gasteiger charge is -2.13. The molecule has 0 aliphatic carbocycles. The molecular formula is C13H16N2O4S2. The number of nitrogens with one attached hydrogen (secondary N) is 1. The number of hydrogen-bond donors (Lipinski definition) is 2. The highest BCUT2D eigenvalue weighted by Crippen LogP contribution is 2.36. The van der Waals surface area contributed by atoms with Gasteiger partial charge in [0.15, 0.2) is 11.5 Å². The number of ether oxygens (including phenoxy) is 2. The van der Waals surface area contributed by atoms with E-state index < -0.39 is 10.0 Å². The Hall–Kier alpha value is -1.93. The van der Waals surface area contributed by atoms with E-state index in [2.05, 4.69) is 4.72 Å². The average molecular weight is 328 g/mol. The Kier molecular flexibility index (Phi) is 4.29. The normalized spacial score (nSPS) is 11.2. The second kappa shape index (κ2) is 5.82. The molecule has 0 saturated heterocycles. The number of methoxy groups -OCH3 is 2. The highest BCUT2D eigenvalue weighted by molar-refractivity contribution is 7.94. The number of anilines is 2. The second-order valence-electron chi connectivity index (χ2n) is 4.27. The van der Waals surface area contributed by atoms with Crippen LogP contribution in [0.4, 0.5) is 11.4 Å². The van der Waals surface area contributed by atoms with E-state index in [1.54, 1.807) is 12.1 Å². The lowest BCUT2D eigenvalue weighted by atomic mass is 10.2. The van der Waals surface area contributed by atoms with Gasteiger partial charge < -0.3 is 15.2 Å². The van der Waals surface area contributed by atoms with Gasteiger partial charge in [-0.05, 0) is 19.1 Å². The van der Waals surface area contributed by atoms with Crippen LogP contribution in [-0.2, 0) is 10.0 Å². The van der Waals surface area contributed by atoms with Crippen molar-refractivity contribution in [3.05, 3.63) is 29.1 Å². The third-order valence-electron chi connectivity index (χ3n) is 2.78. The summed E-state index contributed by atoms with van der Waals surface area (Å²) in [6.45, 7) is 1.84. The number of nitrogens with two attached hydrogens (primary N) is 1. The minimum Gasteiger partial charge on any atom is -0.493 e. The molecule has 0 unspecified atom stereocenters. The van der Waals surface area contributed by atoms with Crippen LogP contribution in [0, 0.1) is 6.92 Å². The van der Waals surface area contributed by atoms with Crippen LogP contribution in [0.5, 0.6) is 11.5 Å². The smallest absolute Gasteiger partial charge is 0.271 e. The fourth-order valence-electron chi connectivity index (χ4n) is 1.73. The predicted molar refractivity (Wildman–Crippen MR) is 83.8 cm³/mol. The third kappa shape index (κ3) is 3.22. The van der Waals surface area contributed by atoms with Gasteiger partial charge >= 0.3 is 0 Å². The Morgan fingerprint density at radius 3 is 2.29 bits per heavy atom. The summed E-state index contributed by atoms with van der Waals surface area (Å²) in [5, 5.41) is 0. The molecule has 2 rings (SSSR count). The molecule has 2 aromatic rings. The van der Waals surface area contributed by atoms with Crippen LogP contribution in [-0.4, -0.2) is 22.6 Å². The van der Waals surface area contributed by atoms with Crippen molar-refractivity contribution in [1.82, 2.24) is 0 Å². The van der Waals surface area contributed by atoms with Gasteiger partial charge in [-0.25, -0.2) is 8.42 Å². The van der Waals surface area contributed by atoms with Crippen LogP contribution in [0.3, 0.4) is 0 Å². The molecule has 6 nitrogen and oxygen atoms in total. The lowest BCUT2D eigenvalue weighted by molar-refractivity contribution is 0.355. The molecule has 0 amide bonds. The van der Waals surface area contributed by atoms with E-state index in [9.17, 15) is 8.42 Å². The number of rotatable bonds is 5. The maximum absolute atomic E-state index is 12.3. The Morgan fingerprint density at radius 2 is 1.76 bits per heavy atom. The third-order valence-corrected chi connectivity index (χ3v) is 5.64. The summed E-state index contributed by atoms with van der Waals surface area (Å²) in [5.74, 6) is 0.830. The zero-order valence-electron chi connectivity index (χ0n) is 11.8. The molecule has 1 heterocycles. The molecule has 0 aliphatic rings. The largest absolute Gasteiger partial charge is 0.493 e. The number of sulfonamides is 1. The maximum Gasteiger partial charge on any atom is 0.271 e. The Balaban J connectivity index is 2.39. The number of nitrogen functional groups attached to an aromatic ring is 1. The van der Waals surface area contributed by atoms with Gasteiger partial charge in [0.25, 0.3) is 10.0 Å². The van der Waals surface area contributed by atoms with E-state index in [0.717, 1.165) is 4.88 Å². The first-order chi connectivity index (χ1) is 9.87. The highest BCUT2D eigenvalue weighted by Gasteiger charge is 2.19. The number of aryl methyl sites for hydroxylation is 1. The molecule has 0 aliphatic heterocycles. The molecule has 0 atom stereocenters. The first kappa shape index (κ1) is 15.5. The molecule has 0 saturated carbocycles. The van der Waals surface area contributed by atoms with E-state index in [1.165, 1.54) is 37.7 Å². The van der Waals surface area contributed by atoms with Gasteiger partial charge in [-0.3, -0.25) is 4.72 Å². The van der Waals surface area contributed by atoms with E-state index in [0.29, 0.717) is 11.5 Å². The fourth-order valence-corrected chi connectivity index (χ4v) is 4.10. The Morgan fingerprint density at radius 1 is 1.14 bits per heavy atom. The quantitative estimate of drug-likeness (QED) is 0.823. The molecule has 0 radical (unpaired) electrons. The van der Waals surface area contributed by atoms with Gasteiger partial charge in [-0.1, -0.05) is 0 Å². The van der Waals surface area contributed by atoms with E-state index >= 15 is 0 Å². The van der Waals surface area contributed by atoms with Crippen molar-refractivity contribution in [2.75, 3.05) is 24.7 Å². The van der Waals surface area contributed by atoms with E-state index in [1.807, 2.05) is 6.92 Å². The average Bonchev–Trinajstić information content (AvgIpc) is 2.88. The second-order valence-corrected chi connectivity index (χ2v) is 7.46. The summed E-state index contributed by atoms with van der Waals surface area (Å²) >= 11 is 1.19. The van der Waals surface area contributed by atoms with Crippen molar-refractivity contribution >= 4 is 32.7 Å². The van der Waals surface area contributed by atoms with Gasteiger partial charge in [0.1, 0.15) is 4.21 Å². The van der Waals surface area contributed by atoms with Gasteiger partial charge in [0, 0.05) is 17.0 Å². The molecule has 0 spiro atoms. The molecule has 8 heteroatoms. The molecule has 114 valence electrons. The topological polar surface area (TPSA) is 90.6 Å². The summed E-state index contributed by atoms with van der Waals surface area (Å²) in [6, 6.07) is 6.30. The van der Waals surface area contributed by atoms with Gasteiger partial charge in [-0.2, -0.15) is 0 Å². The predicted octanol–water partition coefficient (Wildman–Crippen LogP) is 2.46. The van der Waals surface area contributed by atoms with Crippen LogP contribution in [0.25, 0.3) is 0 Å². The van der Waals surface area contributed by atoms with Crippen LogP contribution in [0.15, 0.2) is 28.5 Å². The molecule has 21 heavy (non-hydrogen) atoms. The summed E-state index contributed by atoms with van der Waals surface area (Å²) in [4.78, 5) is 0.913. The summed E-state index contributed by atoms with van der Waals surface area (Å²) in [5.41, 5.74) is 6.35. The first-order valence-corrected chi connectivity index (χ1v) is 8.28. The van der Waals surface area contributed by atoms with Crippen LogP contribution >= 0.6 is 11.3 Å². The van der Waals surface area contributed by atoms with Crippen molar-refractivity contribution in [2.24, 2.45) is 0 Å². The number of hydrogen-bond acceptors (Lipinski definition) is 6. The SMILES string of the molecule is COc1cc(N)c(NS(=O)(=O)c2ccc(C)s2)cc1OC. The van der Waals surface area contributed by atoms with Gasteiger partial charge in [0.05, 0.1) is 25.6 Å². The minimum atomic E-state index is -3.67. The molecule has 0 fully saturated rings. The zero-order chi connectivity index (χ0) is 15.6. The van der Waals surface area contributed by atoms with Crippen LogP contribution in [0.2, 0.25) is 0 Å². The van der Waals surface area contributed by atoms with Crippen molar-refractivity contribution in [3.8, 4) is 11.5 Å². The van der Waals surface area contributed by atoms with Crippen molar-refractivity contribution in [1.29, 1.82) is 0 Å². The maximum atomic E-state index is 12.3. The first-order valence-electron chi connectivity index (χ1n) is 5.98. The number of thiophene rings is 1. The Bertz CT molecular complexity index is 754. The highest BCUT2D eigenvalue weighted by atomic mass is 32.2. The lowest BCUT2D eigenvalue weighted by Crippen LogP contribution is -2.13. The fraction of sp³-hybridized carbons (Fsp3) is 0.231. The molecule has 3 N–H and O–H groups in total. The van der Waals surface area contributed by atoms with E-state index in [-0.39, 0.29) is 15.6 Å². The van der Waals surface area contributed by atoms with E-state index in [4.69, 9.17) is 15.2 Å². The molecule has 0 bridgehead atoms. The molecular weight excluding hydrogens is 312 g/mol. The van der Waals surface area contributed by atoms with Crippen molar-refractivity contribution < 1.29 is 17.9 Å². The van der Waals surface area contributed by atoms with Crippen molar-refractivity contribution in [3.63, 3.8) is 0 Å². The van der Waals surface area contributed by atoms with Gasteiger partial charge in [-0.15, -0.1) is 11.3 Å². The van der Waals surface area contributed by atoms with Crippen molar-refractivity contribution in [2.45, 2.75) is 11.1 Å². The monoisotopic (exact) mass is 328 g/mol. The van der Waals surface area contributed by atoms with Gasteiger partial charge in [0.2, 0.25) is 0 Å². The summed E-state index contributed by atoms with van der Waals surface area (Å²) < 4.78 is 37.5. The van der Waals surface area contributed by atoms with Crippen LogP contribution < -0.4 is 19.9 Å². The summed E-state index contributed by atoms with van der Waals surface area (Å²) in [6.07, 6.45) is 0. The molecule has 1 aromatic carbocycles. The number of benzene rings is 1. The summed E-state index contributed by atoms with van der Waals surface area (Å²) in [7, 11) is -0.718. The Labute approximate surface area is 127 Å². The molecule has 1 aromatic heterocycles. The minimum absolute atomic E-state index is 0.231. The zero-order valence-corrected chi connectivity index (χ0v) is 13.5.